The molecule has 0 unspecified atom stereocenters. The number of hydrogen-bond acceptors (Lipinski definition) is 7. The van der Waals surface area contributed by atoms with Crippen molar-refractivity contribution in [3.05, 3.63) is 76.1 Å². The van der Waals surface area contributed by atoms with E-state index in [1.807, 2.05) is 48.7 Å². The number of thiophene rings is 1. The molecule has 10 nitrogen and oxygen atoms in total. The topological polar surface area (TPSA) is 130 Å². The molecule has 0 saturated carbocycles. The number of anilines is 2. The van der Waals surface area contributed by atoms with E-state index in [9.17, 15) is 9.59 Å². The fourth-order valence-electron chi connectivity index (χ4n) is 4.47. The first-order chi connectivity index (χ1) is 17.1. The number of benzene rings is 1. The van der Waals surface area contributed by atoms with Crippen molar-refractivity contribution in [3.8, 4) is 5.82 Å². The Labute approximate surface area is 203 Å². The van der Waals surface area contributed by atoms with Crippen LogP contribution in [0.2, 0.25) is 0 Å². The predicted molar refractivity (Wildman–Crippen MR) is 132 cm³/mol. The molecule has 0 saturated heterocycles. The molecule has 1 aromatic carbocycles. The lowest BCUT2D eigenvalue weighted by atomic mass is 9.86. The van der Waals surface area contributed by atoms with Crippen LogP contribution in [0.5, 0.6) is 0 Å². The maximum Gasteiger partial charge on any atom is 0.229 e. The lowest BCUT2D eigenvalue weighted by Crippen LogP contribution is -2.25. The Morgan fingerprint density at radius 1 is 1.20 bits per heavy atom. The minimum atomic E-state index is -0.178. The molecule has 1 aliphatic heterocycles. The quantitative estimate of drug-likeness (QED) is 0.350. The third-order valence-corrected chi connectivity index (χ3v) is 6.89. The minimum Gasteiger partial charge on any atom is -0.340 e. The lowest BCUT2D eigenvalue weighted by molar-refractivity contribution is -0.117. The molecule has 2 amide bonds. The molecule has 0 bridgehead atoms. The third-order valence-electron chi connectivity index (χ3n) is 6.02. The van der Waals surface area contributed by atoms with E-state index >= 15 is 0 Å². The van der Waals surface area contributed by atoms with Crippen LogP contribution in [0.25, 0.3) is 17.0 Å². The van der Waals surface area contributed by atoms with E-state index in [0.717, 1.165) is 21.7 Å². The highest BCUT2D eigenvalue weighted by atomic mass is 32.1. The number of aromatic amines is 1. The van der Waals surface area contributed by atoms with Gasteiger partial charge in [-0.15, -0.1) is 11.3 Å². The number of hydrogen-bond donors (Lipinski definition) is 3. The number of aryl methyl sites for hydroxylation is 1. The zero-order chi connectivity index (χ0) is 23.9. The van der Waals surface area contributed by atoms with Crippen LogP contribution in [0, 0.1) is 6.92 Å². The van der Waals surface area contributed by atoms with Crippen LogP contribution in [-0.4, -0.2) is 41.5 Å². The second-order valence-electron chi connectivity index (χ2n) is 8.29. The fraction of sp³-hybridized carbons (Fsp3) is 0.167. The van der Waals surface area contributed by atoms with Crippen molar-refractivity contribution in [1.82, 2.24) is 29.7 Å². The first-order valence-electron chi connectivity index (χ1n) is 11.0. The molecule has 3 N–H and O–H groups in total. The van der Waals surface area contributed by atoms with Gasteiger partial charge in [0.1, 0.15) is 17.7 Å². The van der Waals surface area contributed by atoms with Crippen molar-refractivity contribution < 1.29 is 9.59 Å². The SMILES string of the molecule is Cc1nn(-c2ncnc3nc[nH]c23)c2c1[C@@H](c1ccc(NC(=O)Cc3cccs3)cc1)CC(=O)N2. The van der Waals surface area contributed by atoms with E-state index in [2.05, 4.69) is 30.6 Å². The van der Waals surface area contributed by atoms with Crippen molar-refractivity contribution in [3.63, 3.8) is 0 Å². The smallest absolute Gasteiger partial charge is 0.229 e. The van der Waals surface area contributed by atoms with Gasteiger partial charge < -0.3 is 15.6 Å². The number of rotatable bonds is 5. The van der Waals surface area contributed by atoms with Gasteiger partial charge in [0.2, 0.25) is 11.8 Å². The van der Waals surface area contributed by atoms with Crippen molar-refractivity contribution in [2.45, 2.75) is 25.7 Å². The summed E-state index contributed by atoms with van der Waals surface area (Å²) in [7, 11) is 0. The molecule has 35 heavy (non-hydrogen) atoms. The summed E-state index contributed by atoms with van der Waals surface area (Å²) in [6.07, 6.45) is 3.62. The molecule has 5 aromatic rings. The van der Waals surface area contributed by atoms with E-state index < -0.39 is 0 Å². The molecule has 174 valence electrons. The Hall–Kier alpha value is -4.38. The maximum absolute atomic E-state index is 12.7. The lowest BCUT2D eigenvalue weighted by Gasteiger charge is -2.24. The number of amides is 2. The van der Waals surface area contributed by atoms with Crippen molar-refractivity contribution in [2.24, 2.45) is 0 Å². The van der Waals surface area contributed by atoms with Gasteiger partial charge in [0.15, 0.2) is 11.5 Å². The number of carbonyl (C=O) groups excluding carboxylic acids is 2. The Bertz CT molecular complexity index is 1550. The van der Waals surface area contributed by atoms with Crippen molar-refractivity contribution in [2.75, 3.05) is 10.6 Å². The van der Waals surface area contributed by atoms with Gasteiger partial charge in [-0.05, 0) is 36.1 Å². The second kappa shape index (κ2) is 8.44. The Kier molecular flexibility index (Phi) is 5.10. The number of aromatic nitrogens is 6. The van der Waals surface area contributed by atoms with Crippen molar-refractivity contribution in [1.29, 1.82) is 0 Å². The molecular weight excluding hydrogens is 464 g/mol. The number of fused-ring (bicyclic) bond motifs is 2. The summed E-state index contributed by atoms with van der Waals surface area (Å²) < 4.78 is 1.64. The zero-order valence-electron chi connectivity index (χ0n) is 18.6. The van der Waals surface area contributed by atoms with E-state index in [1.54, 1.807) is 22.3 Å². The molecule has 11 heteroatoms. The maximum atomic E-state index is 12.7. The average molecular weight is 485 g/mol. The first-order valence-corrected chi connectivity index (χ1v) is 11.9. The monoisotopic (exact) mass is 484 g/mol. The second-order valence-corrected chi connectivity index (χ2v) is 9.32. The number of H-pyrrole nitrogens is 1. The molecule has 0 fully saturated rings. The van der Waals surface area contributed by atoms with Gasteiger partial charge in [0.25, 0.3) is 0 Å². The normalized spacial score (nSPS) is 15.1. The molecule has 0 radical (unpaired) electrons. The summed E-state index contributed by atoms with van der Waals surface area (Å²) >= 11 is 1.56. The summed E-state index contributed by atoms with van der Waals surface area (Å²) in [4.78, 5) is 41.9. The van der Waals surface area contributed by atoms with Gasteiger partial charge in [-0.3, -0.25) is 9.59 Å². The van der Waals surface area contributed by atoms with Crippen LogP contribution in [0.3, 0.4) is 0 Å². The van der Waals surface area contributed by atoms with Crippen LogP contribution in [0.4, 0.5) is 11.5 Å². The van der Waals surface area contributed by atoms with Crippen LogP contribution < -0.4 is 10.6 Å². The van der Waals surface area contributed by atoms with Gasteiger partial charge in [-0.2, -0.15) is 9.78 Å². The van der Waals surface area contributed by atoms with Crippen molar-refractivity contribution >= 4 is 45.8 Å². The highest BCUT2D eigenvalue weighted by molar-refractivity contribution is 7.10. The minimum absolute atomic E-state index is 0.0633. The highest BCUT2D eigenvalue weighted by Crippen LogP contribution is 2.40. The fourth-order valence-corrected chi connectivity index (χ4v) is 5.18. The van der Waals surface area contributed by atoms with Crippen LogP contribution in [-0.2, 0) is 16.0 Å². The van der Waals surface area contributed by atoms with Gasteiger partial charge in [0.05, 0.1) is 18.4 Å². The van der Waals surface area contributed by atoms with E-state index in [4.69, 9.17) is 5.10 Å². The number of imidazole rings is 1. The van der Waals surface area contributed by atoms with Crippen LogP contribution in [0.1, 0.15) is 34.0 Å². The molecule has 1 aliphatic rings. The van der Waals surface area contributed by atoms with E-state index in [-0.39, 0.29) is 17.7 Å². The molecule has 1 atom stereocenters. The molecule has 5 heterocycles. The summed E-state index contributed by atoms with van der Waals surface area (Å²) in [6.45, 7) is 1.92. The van der Waals surface area contributed by atoms with Gasteiger partial charge >= 0.3 is 0 Å². The summed E-state index contributed by atoms with van der Waals surface area (Å²) in [5, 5.41) is 12.6. The van der Waals surface area contributed by atoms with Gasteiger partial charge in [-0.25, -0.2) is 15.0 Å². The standard InChI is InChI=1S/C24H20N8O2S/c1-13-20-17(14-4-6-15(7-5-14)29-18(33)9-16-3-2-8-35-16)10-19(34)30-23(20)32(31-13)24-21-22(26-11-25-21)27-12-28-24/h2-8,11-12,17H,9-10H2,1H3,(H,29,33)(H,30,34)(H,25,26,27,28)/t17-/m1/s1. The number of nitrogens with one attached hydrogen (secondary N) is 3. The molecular formula is C24H20N8O2S. The first kappa shape index (κ1) is 21.2. The van der Waals surface area contributed by atoms with E-state index in [0.29, 0.717) is 41.3 Å². The van der Waals surface area contributed by atoms with E-state index in [1.165, 1.54) is 6.33 Å². The molecule has 0 aliphatic carbocycles. The Morgan fingerprint density at radius 2 is 2.06 bits per heavy atom. The van der Waals surface area contributed by atoms with Crippen LogP contribution >= 0.6 is 11.3 Å². The Morgan fingerprint density at radius 3 is 2.86 bits per heavy atom. The van der Waals surface area contributed by atoms with Gasteiger partial charge in [0, 0.05) is 28.5 Å². The highest BCUT2D eigenvalue weighted by Gasteiger charge is 2.33. The largest absolute Gasteiger partial charge is 0.340 e. The zero-order valence-corrected chi connectivity index (χ0v) is 19.5. The van der Waals surface area contributed by atoms with Gasteiger partial charge in [-0.1, -0.05) is 18.2 Å². The Balaban J connectivity index is 1.31. The number of nitrogens with zero attached hydrogens (tertiary/aromatic N) is 5. The average Bonchev–Trinajstić information content (AvgIpc) is 3.60. The summed E-state index contributed by atoms with van der Waals surface area (Å²) in [6, 6.07) is 11.5. The summed E-state index contributed by atoms with van der Waals surface area (Å²) in [5.74, 6) is 0.759. The summed E-state index contributed by atoms with van der Waals surface area (Å²) in [5.41, 5.74) is 4.57. The molecule has 0 spiro atoms. The number of carbonyl (C=O) groups is 2. The molecule has 4 aromatic heterocycles. The third kappa shape index (κ3) is 3.85. The molecule has 6 rings (SSSR count). The van der Waals surface area contributed by atoms with Crippen LogP contribution in [0.15, 0.2) is 54.4 Å². The predicted octanol–water partition coefficient (Wildman–Crippen LogP) is 3.56.